The molecule has 0 aromatic carbocycles. The third kappa shape index (κ3) is 6.25. The van der Waals surface area contributed by atoms with Gasteiger partial charge in [0.15, 0.2) is 0 Å². The number of aryl methyl sites for hydroxylation is 1. The lowest BCUT2D eigenvalue weighted by Gasteiger charge is -2.52. The Balaban J connectivity index is 0.000000339. The summed E-state index contributed by atoms with van der Waals surface area (Å²) in [7, 11) is 0. The van der Waals surface area contributed by atoms with Crippen molar-refractivity contribution < 1.29 is 37.3 Å². The fourth-order valence-electron chi connectivity index (χ4n) is 3.38. The number of hydrogen-bond acceptors (Lipinski definition) is 7. The van der Waals surface area contributed by atoms with Crippen molar-refractivity contribution in [2.24, 2.45) is 0 Å². The van der Waals surface area contributed by atoms with Crippen LogP contribution in [-0.4, -0.2) is 64.4 Å². The maximum atomic E-state index is 12.3. The highest BCUT2D eigenvalue weighted by molar-refractivity contribution is 7.09. The van der Waals surface area contributed by atoms with Crippen LogP contribution in [0.1, 0.15) is 33.9 Å². The molecular formula is C19H21F3N2O5S2. The fourth-order valence-corrected chi connectivity index (χ4v) is 4.61. The largest absolute Gasteiger partial charge is 0.490 e. The zero-order valence-electron chi connectivity index (χ0n) is 16.6. The highest BCUT2D eigenvalue weighted by Crippen LogP contribution is 2.36. The number of thiophene rings is 1. The molecule has 2 fully saturated rings. The van der Waals surface area contributed by atoms with Crippen LogP contribution in [0.4, 0.5) is 13.2 Å². The molecule has 2 saturated heterocycles. The van der Waals surface area contributed by atoms with Crippen LogP contribution in [0.5, 0.6) is 0 Å². The van der Waals surface area contributed by atoms with Crippen molar-refractivity contribution in [2.45, 2.75) is 44.3 Å². The van der Waals surface area contributed by atoms with Gasteiger partial charge in [-0.1, -0.05) is 0 Å². The number of thiazole rings is 1. The molecule has 31 heavy (non-hydrogen) atoms. The molecule has 1 amide bonds. The van der Waals surface area contributed by atoms with Crippen molar-refractivity contribution in [1.82, 2.24) is 9.88 Å². The molecule has 0 bridgehead atoms. The molecular weight excluding hydrogens is 457 g/mol. The van der Waals surface area contributed by atoms with Gasteiger partial charge in [0.1, 0.15) is 5.60 Å². The first-order valence-electron chi connectivity index (χ1n) is 9.36. The molecule has 1 unspecified atom stereocenters. The summed E-state index contributed by atoms with van der Waals surface area (Å²) in [6.07, 6.45) is -3.15. The summed E-state index contributed by atoms with van der Waals surface area (Å²) in [5.41, 5.74) is 1.56. The quantitative estimate of drug-likeness (QED) is 0.720. The number of rotatable bonds is 4. The Kier molecular flexibility index (Phi) is 7.35. The molecule has 2 aromatic rings. The van der Waals surface area contributed by atoms with Crippen LogP contribution >= 0.6 is 22.7 Å². The SMILES string of the molecule is Cc1nc(COC2CCOC3(C2)CN(C(=O)c2ccsc2)C3)cs1.O=C(O)C(F)(F)F. The maximum absolute atomic E-state index is 12.3. The maximum Gasteiger partial charge on any atom is 0.490 e. The minimum Gasteiger partial charge on any atom is -0.475 e. The number of carboxylic acids is 1. The highest BCUT2D eigenvalue weighted by Gasteiger charge is 2.49. The number of carbonyl (C=O) groups is 2. The van der Waals surface area contributed by atoms with E-state index >= 15 is 0 Å². The first-order valence-corrected chi connectivity index (χ1v) is 11.2. The third-order valence-corrected chi connectivity index (χ3v) is 6.34. The lowest BCUT2D eigenvalue weighted by Crippen LogP contribution is -2.67. The number of nitrogens with zero attached hydrogens (tertiary/aromatic N) is 2. The Hall–Kier alpha value is -2.02. The molecule has 0 radical (unpaired) electrons. The van der Waals surface area contributed by atoms with E-state index in [2.05, 4.69) is 10.4 Å². The van der Waals surface area contributed by atoms with Crippen LogP contribution in [-0.2, 0) is 20.9 Å². The number of alkyl halides is 3. The van der Waals surface area contributed by atoms with E-state index in [9.17, 15) is 18.0 Å². The van der Waals surface area contributed by atoms with Crippen molar-refractivity contribution >= 4 is 34.6 Å². The van der Waals surface area contributed by atoms with E-state index < -0.39 is 12.1 Å². The van der Waals surface area contributed by atoms with Crippen LogP contribution in [0.15, 0.2) is 22.2 Å². The fraction of sp³-hybridized carbons (Fsp3) is 0.526. The average molecular weight is 479 g/mol. The molecule has 4 rings (SSSR count). The van der Waals surface area contributed by atoms with Gasteiger partial charge >= 0.3 is 12.1 Å². The monoisotopic (exact) mass is 478 g/mol. The summed E-state index contributed by atoms with van der Waals surface area (Å²) in [6, 6.07) is 1.88. The first-order chi connectivity index (χ1) is 14.6. The number of likely N-dealkylation sites (tertiary alicyclic amines) is 1. The average Bonchev–Trinajstić information content (AvgIpc) is 3.35. The van der Waals surface area contributed by atoms with Crippen LogP contribution in [0.3, 0.4) is 0 Å². The van der Waals surface area contributed by atoms with Gasteiger partial charge in [-0.25, -0.2) is 9.78 Å². The van der Waals surface area contributed by atoms with Crippen LogP contribution in [0.25, 0.3) is 0 Å². The van der Waals surface area contributed by atoms with E-state index in [0.717, 1.165) is 29.1 Å². The number of carboxylic acid groups (broad SMARTS) is 1. The second-order valence-corrected chi connectivity index (χ2v) is 9.13. The Labute approximate surface area is 184 Å². The van der Waals surface area contributed by atoms with Gasteiger partial charge in [-0.3, -0.25) is 4.79 Å². The van der Waals surface area contributed by atoms with Gasteiger partial charge in [-0.2, -0.15) is 24.5 Å². The first kappa shape index (κ1) is 23.6. The van der Waals surface area contributed by atoms with E-state index in [1.807, 2.05) is 28.7 Å². The Morgan fingerprint density at radius 1 is 1.39 bits per heavy atom. The molecule has 2 aliphatic rings. The van der Waals surface area contributed by atoms with Crippen LogP contribution < -0.4 is 0 Å². The molecule has 170 valence electrons. The minimum absolute atomic E-state index is 0.103. The van der Waals surface area contributed by atoms with Crippen LogP contribution in [0.2, 0.25) is 0 Å². The van der Waals surface area contributed by atoms with Gasteiger partial charge in [-0.15, -0.1) is 11.3 Å². The number of aromatic nitrogens is 1. The molecule has 1 spiro atoms. The molecule has 0 aliphatic carbocycles. The second-order valence-electron chi connectivity index (χ2n) is 7.29. The Morgan fingerprint density at radius 3 is 2.65 bits per heavy atom. The summed E-state index contributed by atoms with van der Waals surface area (Å²) in [5, 5.41) is 14.1. The van der Waals surface area contributed by atoms with E-state index in [4.69, 9.17) is 19.4 Å². The van der Waals surface area contributed by atoms with Gasteiger partial charge in [-0.05, 0) is 24.8 Å². The number of ether oxygens (including phenoxy) is 2. The van der Waals surface area contributed by atoms with Crippen LogP contribution in [0, 0.1) is 6.92 Å². The minimum atomic E-state index is -5.08. The smallest absolute Gasteiger partial charge is 0.475 e. The standard InChI is InChI=1S/C17H20N2O3S2.C2HF3O2/c1-12-18-14(9-24-12)7-21-15-2-4-22-17(6-15)10-19(11-17)16(20)13-3-5-23-8-13;3-2(4,5)1(6)7/h3,5,8-9,15H,2,4,6-7,10-11H2,1H3;(H,6,7). The van der Waals surface area contributed by atoms with Gasteiger partial charge in [0.2, 0.25) is 0 Å². The van der Waals surface area contributed by atoms with Gasteiger partial charge in [0, 0.05) is 23.8 Å². The van der Waals surface area contributed by atoms with Crippen molar-refractivity contribution in [3.8, 4) is 0 Å². The second kappa shape index (κ2) is 9.63. The Morgan fingerprint density at radius 2 is 2.10 bits per heavy atom. The predicted molar refractivity (Wildman–Crippen MR) is 107 cm³/mol. The number of amides is 1. The Bertz CT molecular complexity index is 895. The van der Waals surface area contributed by atoms with E-state index in [-0.39, 0.29) is 17.6 Å². The van der Waals surface area contributed by atoms with E-state index in [0.29, 0.717) is 26.3 Å². The summed E-state index contributed by atoms with van der Waals surface area (Å²) in [6.45, 7) is 4.59. The zero-order chi connectivity index (χ0) is 22.6. The summed E-state index contributed by atoms with van der Waals surface area (Å²) >= 11 is 3.20. The molecule has 4 heterocycles. The highest BCUT2D eigenvalue weighted by atomic mass is 32.1. The number of hydrogen-bond donors (Lipinski definition) is 1. The lowest BCUT2D eigenvalue weighted by molar-refractivity contribution is -0.192. The van der Waals surface area contributed by atoms with Gasteiger partial charge in [0.05, 0.1) is 42.1 Å². The molecule has 2 aliphatic heterocycles. The van der Waals surface area contributed by atoms with Crippen molar-refractivity contribution in [2.75, 3.05) is 19.7 Å². The third-order valence-electron chi connectivity index (χ3n) is 4.84. The lowest BCUT2D eigenvalue weighted by atomic mass is 9.84. The van der Waals surface area contributed by atoms with Crippen molar-refractivity contribution in [3.63, 3.8) is 0 Å². The normalized spacial score (nSPS) is 20.0. The topological polar surface area (TPSA) is 89.0 Å². The molecule has 1 N–H and O–H groups in total. The van der Waals surface area contributed by atoms with Gasteiger partial charge in [0.25, 0.3) is 5.91 Å². The number of aliphatic carboxylic acids is 1. The van der Waals surface area contributed by atoms with E-state index in [1.165, 1.54) is 0 Å². The number of carbonyl (C=O) groups excluding carboxylic acids is 1. The molecule has 1 atom stereocenters. The molecule has 0 saturated carbocycles. The predicted octanol–water partition coefficient (Wildman–Crippen LogP) is 3.74. The van der Waals surface area contributed by atoms with Gasteiger partial charge < -0.3 is 19.5 Å². The summed E-state index contributed by atoms with van der Waals surface area (Å²) in [4.78, 5) is 27.6. The van der Waals surface area contributed by atoms with Crippen molar-refractivity contribution in [1.29, 1.82) is 0 Å². The molecule has 7 nitrogen and oxygen atoms in total. The summed E-state index contributed by atoms with van der Waals surface area (Å²) < 4.78 is 43.8. The van der Waals surface area contributed by atoms with E-state index in [1.54, 1.807) is 22.7 Å². The molecule has 12 heteroatoms. The molecule has 2 aromatic heterocycles. The van der Waals surface area contributed by atoms with Crippen molar-refractivity contribution in [3.05, 3.63) is 38.5 Å². The zero-order valence-corrected chi connectivity index (χ0v) is 18.2. The summed E-state index contributed by atoms with van der Waals surface area (Å²) in [5.74, 6) is -2.65. The number of halogens is 3.